The highest BCUT2D eigenvalue weighted by atomic mass is 35.5. The van der Waals surface area contributed by atoms with Crippen molar-refractivity contribution in [2.24, 2.45) is 0 Å². The zero-order valence-electron chi connectivity index (χ0n) is 11.9. The summed E-state index contributed by atoms with van der Waals surface area (Å²) >= 11 is 5.82. The minimum atomic E-state index is -0.720. The van der Waals surface area contributed by atoms with Gasteiger partial charge in [0.25, 0.3) is 0 Å². The number of nitrogens with zero attached hydrogens (tertiary/aromatic N) is 2. The Hall–Kier alpha value is -1.07. The number of ether oxygens (including phenoxy) is 1. The van der Waals surface area contributed by atoms with Crippen LogP contribution in [0.5, 0.6) is 0 Å². The summed E-state index contributed by atoms with van der Waals surface area (Å²) in [5.41, 5.74) is -0.720. The first kappa shape index (κ1) is 16.0. The van der Waals surface area contributed by atoms with Crippen LogP contribution in [0.4, 0.5) is 0 Å². The maximum atomic E-state index is 12.1. The summed E-state index contributed by atoms with van der Waals surface area (Å²) in [6.45, 7) is 8.64. The largest absolute Gasteiger partial charge is 0.465 e. The molecule has 0 saturated heterocycles. The molecule has 1 heterocycles. The Kier molecular flexibility index (Phi) is 5.82. The summed E-state index contributed by atoms with van der Waals surface area (Å²) in [6.07, 6.45) is 3.91. The third kappa shape index (κ3) is 4.84. The highest BCUT2D eigenvalue weighted by Gasteiger charge is 2.34. The number of hydrogen-bond acceptors (Lipinski definition) is 4. The van der Waals surface area contributed by atoms with Crippen LogP contribution in [0.25, 0.3) is 0 Å². The van der Waals surface area contributed by atoms with Crippen LogP contribution in [0.1, 0.15) is 34.1 Å². The second kappa shape index (κ2) is 6.91. The fraction of sp³-hybridized carbons (Fsp3) is 0.692. The predicted molar refractivity (Wildman–Crippen MR) is 75.2 cm³/mol. The van der Waals surface area contributed by atoms with Crippen LogP contribution in [0.15, 0.2) is 12.4 Å². The normalized spacial score (nSPS) is 14.4. The van der Waals surface area contributed by atoms with Crippen molar-refractivity contribution in [3.63, 3.8) is 0 Å². The van der Waals surface area contributed by atoms with Crippen LogP contribution in [0, 0.1) is 0 Å². The number of nitrogens with one attached hydrogen (secondary N) is 1. The van der Waals surface area contributed by atoms with Gasteiger partial charge in [0, 0.05) is 18.8 Å². The molecule has 1 rings (SSSR count). The van der Waals surface area contributed by atoms with Gasteiger partial charge in [-0.15, -0.1) is 0 Å². The van der Waals surface area contributed by atoms with E-state index in [1.54, 1.807) is 24.0 Å². The number of hydrogen-bond donors (Lipinski definition) is 1. The van der Waals surface area contributed by atoms with E-state index in [1.807, 2.05) is 20.8 Å². The molecule has 0 aliphatic carbocycles. The quantitative estimate of drug-likeness (QED) is 0.782. The summed E-state index contributed by atoms with van der Waals surface area (Å²) in [6, 6.07) is 0.190. The van der Waals surface area contributed by atoms with Gasteiger partial charge in [0.1, 0.15) is 5.54 Å². The lowest BCUT2D eigenvalue weighted by Crippen LogP contribution is -2.53. The molecule has 1 atom stereocenters. The van der Waals surface area contributed by atoms with Crippen LogP contribution < -0.4 is 5.32 Å². The molecule has 0 aliphatic heterocycles. The van der Waals surface area contributed by atoms with E-state index in [4.69, 9.17) is 16.3 Å². The average Bonchev–Trinajstić information content (AvgIpc) is 2.72. The van der Waals surface area contributed by atoms with Crippen molar-refractivity contribution in [1.29, 1.82) is 0 Å². The fourth-order valence-electron chi connectivity index (χ4n) is 1.96. The Balaban J connectivity index is 2.70. The Morgan fingerprint density at radius 1 is 1.63 bits per heavy atom. The van der Waals surface area contributed by atoms with Gasteiger partial charge in [-0.2, -0.15) is 5.10 Å². The van der Waals surface area contributed by atoms with E-state index in [-0.39, 0.29) is 12.0 Å². The van der Waals surface area contributed by atoms with Crippen molar-refractivity contribution in [2.45, 2.75) is 52.2 Å². The number of rotatable bonds is 7. The SMILES string of the molecule is CCOC(=O)C(C)(CCn1cc(Cl)cn1)NC(C)C. The third-order valence-electron chi connectivity index (χ3n) is 2.78. The van der Waals surface area contributed by atoms with Crippen LogP contribution >= 0.6 is 11.6 Å². The Morgan fingerprint density at radius 2 is 2.32 bits per heavy atom. The van der Waals surface area contributed by atoms with Crippen molar-refractivity contribution in [3.8, 4) is 0 Å². The van der Waals surface area contributed by atoms with Gasteiger partial charge in [0.15, 0.2) is 0 Å². The lowest BCUT2D eigenvalue weighted by Gasteiger charge is -2.30. The van der Waals surface area contributed by atoms with Gasteiger partial charge in [0.2, 0.25) is 0 Å². The summed E-state index contributed by atoms with van der Waals surface area (Å²) < 4.78 is 6.87. The summed E-state index contributed by atoms with van der Waals surface area (Å²) in [4.78, 5) is 12.1. The molecule has 1 aromatic rings. The van der Waals surface area contributed by atoms with E-state index in [0.717, 1.165) is 0 Å². The molecular weight excluding hydrogens is 266 g/mol. The molecule has 0 amide bonds. The van der Waals surface area contributed by atoms with Gasteiger partial charge >= 0.3 is 5.97 Å². The smallest absolute Gasteiger partial charge is 0.326 e. The molecule has 1 unspecified atom stereocenters. The number of carbonyl (C=O) groups excluding carboxylic acids is 1. The van der Waals surface area contributed by atoms with E-state index < -0.39 is 5.54 Å². The van der Waals surface area contributed by atoms with E-state index in [9.17, 15) is 4.79 Å². The predicted octanol–water partition coefficient (Wildman–Crippen LogP) is 2.25. The monoisotopic (exact) mass is 287 g/mol. The molecule has 0 radical (unpaired) electrons. The van der Waals surface area contributed by atoms with E-state index in [2.05, 4.69) is 10.4 Å². The molecule has 5 nitrogen and oxygen atoms in total. The zero-order chi connectivity index (χ0) is 14.5. The molecule has 0 aromatic carbocycles. The molecule has 108 valence electrons. The first-order valence-corrected chi connectivity index (χ1v) is 6.88. The number of esters is 1. The van der Waals surface area contributed by atoms with Crippen molar-refractivity contribution in [1.82, 2.24) is 15.1 Å². The molecule has 1 N–H and O–H groups in total. The molecule has 0 aliphatic rings. The van der Waals surface area contributed by atoms with Gasteiger partial charge in [-0.3, -0.25) is 14.8 Å². The zero-order valence-corrected chi connectivity index (χ0v) is 12.7. The van der Waals surface area contributed by atoms with Crippen LogP contribution in [0.2, 0.25) is 5.02 Å². The third-order valence-corrected chi connectivity index (χ3v) is 2.97. The van der Waals surface area contributed by atoms with Crippen molar-refractivity contribution in [3.05, 3.63) is 17.4 Å². The Labute approximate surface area is 119 Å². The molecule has 6 heteroatoms. The van der Waals surface area contributed by atoms with Gasteiger partial charge in [-0.05, 0) is 34.1 Å². The molecule has 1 aromatic heterocycles. The van der Waals surface area contributed by atoms with Gasteiger partial charge < -0.3 is 4.74 Å². The summed E-state index contributed by atoms with van der Waals surface area (Å²) in [5.74, 6) is -0.234. The topological polar surface area (TPSA) is 56.2 Å². The summed E-state index contributed by atoms with van der Waals surface area (Å²) in [5, 5.41) is 7.97. The first-order valence-electron chi connectivity index (χ1n) is 6.50. The second-order valence-electron chi connectivity index (χ2n) is 5.02. The molecule has 0 fully saturated rings. The number of halogens is 1. The lowest BCUT2D eigenvalue weighted by atomic mass is 9.96. The Bertz CT molecular complexity index is 420. The fourth-order valence-corrected chi connectivity index (χ4v) is 2.12. The van der Waals surface area contributed by atoms with Crippen molar-refractivity contribution in [2.75, 3.05) is 6.61 Å². The standard InChI is InChI=1S/C13H22ClN3O2/c1-5-19-12(18)13(4,16-10(2)3)6-7-17-9-11(14)8-15-17/h8-10,16H,5-7H2,1-4H3. The van der Waals surface area contributed by atoms with Crippen LogP contribution in [-0.2, 0) is 16.1 Å². The molecule has 0 saturated carbocycles. The first-order chi connectivity index (χ1) is 8.87. The minimum absolute atomic E-state index is 0.190. The van der Waals surface area contributed by atoms with E-state index in [0.29, 0.717) is 24.6 Å². The van der Waals surface area contributed by atoms with Crippen LogP contribution in [-0.4, -0.2) is 33.9 Å². The minimum Gasteiger partial charge on any atom is -0.465 e. The number of carbonyl (C=O) groups is 1. The van der Waals surface area contributed by atoms with Crippen molar-refractivity contribution < 1.29 is 9.53 Å². The van der Waals surface area contributed by atoms with E-state index >= 15 is 0 Å². The Morgan fingerprint density at radius 3 is 2.79 bits per heavy atom. The average molecular weight is 288 g/mol. The lowest BCUT2D eigenvalue weighted by molar-refractivity contribution is -0.151. The van der Waals surface area contributed by atoms with E-state index in [1.165, 1.54) is 0 Å². The number of aryl methyl sites for hydroxylation is 1. The van der Waals surface area contributed by atoms with Gasteiger partial charge in [-0.1, -0.05) is 11.6 Å². The molecule has 0 bridgehead atoms. The highest BCUT2D eigenvalue weighted by Crippen LogP contribution is 2.16. The second-order valence-corrected chi connectivity index (χ2v) is 5.46. The van der Waals surface area contributed by atoms with Crippen molar-refractivity contribution >= 4 is 17.6 Å². The molecule has 19 heavy (non-hydrogen) atoms. The van der Waals surface area contributed by atoms with Gasteiger partial charge in [0.05, 0.1) is 17.8 Å². The van der Waals surface area contributed by atoms with Gasteiger partial charge in [-0.25, -0.2) is 0 Å². The highest BCUT2D eigenvalue weighted by molar-refractivity contribution is 6.30. The van der Waals surface area contributed by atoms with Crippen LogP contribution in [0.3, 0.4) is 0 Å². The molecule has 0 spiro atoms. The summed E-state index contributed by atoms with van der Waals surface area (Å²) in [7, 11) is 0. The molecular formula is C13H22ClN3O2. The maximum Gasteiger partial charge on any atom is 0.326 e. The maximum absolute atomic E-state index is 12.1. The number of aromatic nitrogens is 2.